The maximum atomic E-state index is 13.9. The highest BCUT2D eigenvalue weighted by molar-refractivity contribution is 7.89. The van der Waals surface area contributed by atoms with E-state index in [9.17, 15) is 17.2 Å². The van der Waals surface area contributed by atoms with Gasteiger partial charge in [-0.05, 0) is 29.8 Å². The summed E-state index contributed by atoms with van der Waals surface area (Å²) in [6.07, 6.45) is 0. The first-order chi connectivity index (χ1) is 12.9. The molecule has 0 aliphatic carbocycles. The van der Waals surface area contributed by atoms with E-state index in [0.717, 1.165) is 12.1 Å². The number of hydrogen-bond acceptors (Lipinski definition) is 5. The summed E-state index contributed by atoms with van der Waals surface area (Å²) in [4.78, 5) is 0.156. The lowest BCUT2D eigenvalue weighted by molar-refractivity contribution is 0.0730. The Morgan fingerprint density at radius 2 is 1.70 bits per heavy atom. The standard InChI is InChI=1S/C18H17F2N3O3S/c19-16-9-14(11-21)10-17(20)18(16)22-12-13-1-3-15(4-2-13)27(24,25)23-5-7-26-8-6-23/h1-4,9-10,22H,5-8,12H2. The van der Waals surface area contributed by atoms with Crippen LogP contribution in [0.5, 0.6) is 0 Å². The van der Waals surface area contributed by atoms with Gasteiger partial charge in [0.15, 0.2) is 11.6 Å². The van der Waals surface area contributed by atoms with Crippen LogP contribution in [0, 0.1) is 23.0 Å². The third-order valence-electron chi connectivity index (χ3n) is 4.17. The Morgan fingerprint density at radius 1 is 1.11 bits per heavy atom. The first-order valence-electron chi connectivity index (χ1n) is 8.21. The lowest BCUT2D eigenvalue weighted by Crippen LogP contribution is -2.40. The first-order valence-corrected chi connectivity index (χ1v) is 9.65. The molecule has 1 aliphatic rings. The van der Waals surface area contributed by atoms with Crippen molar-refractivity contribution in [3.8, 4) is 6.07 Å². The molecule has 0 amide bonds. The summed E-state index contributed by atoms with van der Waals surface area (Å²) in [5.74, 6) is -1.73. The van der Waals surface area contributed by atoms with Crippen molar-refractivity contribution in [1.29, 1.82) is 5.26 Å². The summed E-state index contributed by atoms with van der Waals surface area (Å²) in [5.41, 5.74) is 0.214. The second-order valence-electron chi connectivity index (χ2n) is 5.94. The monoisotopic (exact) mass is 393 g/mol. The molecule has 1 saturated heterocycles. The van der Waals surface area contributed by atoms with Gasteiger partial charge in [-0.25, -0.2) is 17.2 Å². The molecule has 0 aromatic heterocycles. The Hall–Kier alpha value is -2.54. The molecule has 0 radical (unpaired) electrons. The fourth-order valence-electron chi connectivity index (χ4n) is 2.71. The first kappa shape index (κ1) is 19.2. The third kappa shape index (κ3) is 4.24. The van der Waals surface area contributed by atoms with E-state index in [0.29, 0.717) is 31.9 Å². The number of hydrogen-bond donors (Lipinski definition) is 1. The van der Waals surface area contributed by atoms with Gasteiger partial charge in [-0.2, -0.15) is 9.57 Å². The van der Waals surface area contributed by atoms with E-state index in [4.69, 9.17) is 10.00 Å². The molecule has 1 aliphatic heterocycles. The van der Waals surface area contributed by atoms with Gasteiger partial charge in [-0.3, -0.25) is 0 Å². The minimum atomic E-state index is -3.58. The van der Waals surface area contributed by atoms with Gasteiger partial charge in [0.2, 0.25) is 10.0 Å². The number of anilines is 1. The summed E-state index contributed by atoms with van der Waals surface area (Å²) in [6.45, 7) is 1.44. The molecule has 1 N–H and O–H groups in total. The predicted molar refractivity (Wildman–Crippen MR) is 94.4 cm³/mol. The van der Waals surface area contributed by atoms with Gasteiger partial charge in [0.05, 0.1) is 29.7 Å². The van der Waals surface area contributed by atoms with Crippen LogP contribution in [0.1, 0.15) is 11.1 Å². The lowest BCUT2D eigenvalue weighted by atomic mass is 10.2. The Morgan fingerprint density at radius 3 is 2.26 bits per heavy atom. The normalized spacial score (nSPS) is 15.3. The van der Waals surface area contributed by atoms with Gasteiger partial charge < -0.3 is 10.1 Å². The van der Waals surface area contributed by atoms with E-state index < -0.39 is 21.7 Å². The van der Waals surface area contributed by atoms with Crippen molar-refractivity contribution in [3.05, 3.63) is 59.2 Å². The smallest absolute Gasteiger partial charge is 0.243 e. The molecule has 0 unspecified atom stereocenters. The van der Waals surface area contributed by atoms with E-state index in [1.807, 2.05) is 0 Å². The third-order valence-corrected chi connectivity index (χ3v) is 6.08. The van der Waals surface area contributed by atoms with Gasteiger partial charge in [-0.15, -0.1) is 0 Å². The average Bonchev–Trinajstić information content (AvgIpc) is 2.68. The van der Waals surface area contributed by atoms with Crippen molar-refractivity contribution in [2.45, 2.75) is 11.4 Å². The highest BCUT2D eigenvalue weighted by atomic mass is 32.2. The van der Waals surface area contributed by atoms with Crippen LogP contribution in [0.25, 0.3) is 0 Å². The molecule has 0 spiro atoms. The zero-order valence-corrected chi connectivity index (χ0v) is 15.1. The van der Waals surface area contributed by atoms with Crippen LogP contribution >= 0.6 is 0 Å². The molecule has 3 rings (SSSR count). The molecule has 0 atom stereocenters. The Balaban J connectivity index is 1.71. The molecular weight excluding hydrogens is 376 g/mol. The molecule has 0 bridgehead atoms. The fraction of sp³-hybridized carbons (Fsp3) is 0.278. The molecule has 2 aromatic carbocycles. The van der Waals surface area contributed by atoms with Gasteiger partial charge in [0.1, 0.15) is 5.69 Å². The zero-order chi connectivity index (χ0) is 19.4. The summed E-state index contributed by atoms with van der Waals surface area (Å²) >= 11 is 0. The van der Waals surface area contributed by atoms with Crippen LogP contribution in [0.3, 0.4) is 0 Å². The SMILES string of the molecule is N#Cc1cc(F)c(NCc2ccc(S(=O)(=O)N3CCOCC3)cc2)c(F)c1. The maximum absolute atomic E-state index is 13.9. The van der Waals surface area contributed by atoms with Crippen molar-refractivity contribution in [1.82, 2.24) is 4.31 Å². The van der Waals surface area contributed by atoms with Crippen LogP contribution in [0.15, 0.2) is 41.3 Å². The quantitative estimate of drug-likeness (QED) is 0.844. The highest BCUT2D eigenvalue weighted by Crippen LogP contribution is 2.22. The molecule has 1 fully saturated rings. The molecule has 1 heterocycles. The lowest BCUT2D eigenvalue weighted by Gasteiger charge is -2.26. The zero-order valence-electron chi connectivity index (χ0n) is 14.3. The second-order valence-corrected chi connectivity index (χ2v) is 7.88. The summed E-state index contributed by atoms with van der Waals surface area (Å²) in [7, 11) is -3.58. The van der Waals surface area contributed by atoms with Gasteiger partial charge in [0, 0.05) is 19.6 Å². The Bertz CT molecular complexity index is 943. The number of sulfonamides is 1. The van der Waals surface area contributed by atoms with Crippen molar-refractivity contribution < 1.29 is 21.9 Å². The minimum absolute atomic E-state index is 0.0949. The van der Waals surface area contributed by atoms with Gasteiger partial charge in [0.25, 0.3) is 0 Å². The average molecular weight is 393 g/mol. The Labute approximate surface area is 156 Å². The number of nitrogens with one attached hydrogen (secondary N) is 1. The topological polar surface area (TPSA) is 82.4 Å². The van der Waals surface area contributed by atoms with E-state index in [1.54, 1.807) is 18.2 Å². The van der Waals surface area contributed by atoms with E-state index >= 15 is 0 Å². The molecule has 6 nitrogen and oxygen atoms in total. The van der Waals surface area contributed by atoms with Crippen molar-refractivity contribution in [2.24, 2.45) is 0 Å². The van der Waals surface area contributed by atoms with Crippen molar-refractivity contribution in [2.75, 3.05) is 31.6 Å². The van der Waals surface area contributed by atoms with Crippen LogP contribution in [-0.2, 0) is 21.3 Å². The van der Waals surface area contributed by atoms with E-state index in [-0.39, 0.29) is 22.7 Å². The number of rotatable bonds is 5. The molecular formula is C18H17F2N3O3S. The molecule has 9 heteroatoms. The van der Waals surface area contributed by atoms with E-state index in [2.05, 4.69) is 5.32 Å². The minimum Gasteiger partial charge on any atom is -0.379 e. The molecule has 27 heavy (non-hydrogen) atoms. The summed E-state index contributed by atoms with van der Waals surface area (Å²) < 4.78 is 59.4. The van der Waals surface area contributed by atoms with E-state index in [1.165, 1.54) is 16.4 Å². The van der Waals surface area contributed by atoms with Crippen molar-refractivity contribution >= 4 is 15.7 Å². The van der Waals surface area contributed by atoms with Crippen LogP contribution < -0.4 is 5.32 Å². The van der Waals surface area contributed by atoms with Crippen LogP contribution in [-0.4, -0.2) is 39.0 Å². The fourth-order valence-corrected chi connectivity index (χ4v) is 4.12. The molecule has 0 saturated carbocycles. The molecule has 142 valence electrons. The van der Waals surface area contributed by atoms with Crippen LogP contribution in [0.2, 0.25) is 0 Å². The highest BCUT2D eigenvalue weighted by Gasteiger charge is 2.26. The number of nitriles is 1. The summed E-state index contributed by atoms with van der Waals surface area (Å²) in [5, 5.41) is 11.3. The van der Waals surface area contributed by atoms with Crippen molar-refractivity contribution in [3.63, 3.8) is 0 Å². The second kappa shape index (κ2) is 8.00. The maximum Gasteiger partial charge on any atom is 0.243 e. The molecule has 2 aromatic rings. The van der Waals surface area contributed by atoms with Crippen LogP contribution in [0.4, 0.5) is 14.5 Å². The van der Waals surface area contributed by atoms with Gasteiger partial charge in [-0.1, -0.05) is 12.1 Å². The predicted octanol–water partition coefficient (Wildman–Crippen LogP) is 2.47. The number of nitrogens with zero attached hydrogens (tertiary/aromatic N) is 2. The number of benzene rings is 2. The largest absolute Gasteiger partial charge is 0.379 e. The number of halogens is 2. The number of ether oxygens (including phenoxy) is 1. The summed E-state index contributed by atoms with van der Waals surface area (Å²) in [6, 6.07) is 9.67. The van der Waals surface area contributed by atoms with Gasteiger partial charge >= 0.3 is 0 Å². The Kier molecular flexibility index (Phi) is 5.70. The number of morpholine rings is 1.